The standard InChI is InChI=1S/C16H24BrNS/c1-3-10-18-12(2)15-9-8-14(11-16(15)17)19-13-6-4-5-7-13/h8-9,11-13,18H,3-7,10H2,1-2H3. The fourth-order valence-corrected chi connectivity index (χ4v) is 4.76. The summed E-state index contributed by atoms with van der Waals surface area (Å²) in [6.45, 7) is 5.52. The predicted octanol–water partition coefficient (Wildman–Crippen LogP) is 5.54. The molecule has 0 spiro atoms. The smallest absolute Gasteiger partial charge is 0.0302 e. The van der Waals surface area contributed by atoms with E-state index in [9.17, 15) is 0 Å². The van der Waals surface area contributed by atoms with Crippen LogP contribution in [0.3, 0.4) is 0 Å². The molecule has 1 N–H and O–H groups in total. The van der Waals surface area contributed by atoms with Gasteiger partial charge in [0, 0.05) is 20.7 Å². The maximum Gasteiger partial charge on any atom is 0.0302 e. The molecule has 1 nitrogen and oxygen atoms in total. The van der Waals surface area contributed by atoms with Gasteiger partial charge < -0.3 is 5.32 Å². The van der Waals surface area contributed by atoms with Gasteiger partial charge in [0.1, 0.15) is 0 Å². The van der Waals surface area contributed by atoms with Crippen LogP contribution < -0.4 is 5.32 Å². The Balaban J connectivity index is 1.99. The van der Waals surface area contributed by atoms with Crippen LogP contribution >= 0.6 is 27.7 Å². The summed E-state index contributed by atoms with van der Waals surface area (Å²) in [5.74, 6) is 0. The van der Waals surface area contributed by atoms with Gasteiger partial charge in [-0.15, -0.1) is 11.8 Å². The zero-order valence-corrected chi connectivity index (χ0v) is 14.3. The Morgan fingerprint density at radius 3 is 2.74 bits per heavy atom. The topological polar surface area (TPSA) is 12.0 Å². The highest BCUT2D eigenvalue weighted by molar-refractivity contribution is 9.10. The number of hydrogen-bond acceptors (Lipinski definition) is 2. The van der Waals surface area contributed by atoms with Gasteiger partial charge in [0.2, 0.25) is 0 Å². The second-order valence-corrected chi connectivity index (χ2v) is 7.61. The van der Waals surface area contributed by atoms with Crippen LogP contribution in [0.1, 0.15) is 57.6 Å². The van der Waals surface area contributed by atoms with Crippen molar-refractivity contribution < 1.29 is 0 Å². The van der Waals surface area contributed by atoms with Crippen molar-refractivity contribution in [1.29, 1.82) is 0 Å². The second-order valence-electron chi connectivity index (χ2n) is 5.38. The highest BCUT2D eigenvalue weighted by Gasteiger charge is 2.17. The summed E-state index contributed by atoms with van der Waals surface area (Å²) in [5, 5.41) is 4.39. The highest BCUT2D eigenvalue weighted by Crippen LogP contribution is 2.36. The fourth-order valence-electron chi connectivity index (χ4n) is 2.60. The largest absolute Gasteiger partial charge is 0.310 e. The average molecular weight is 342 g/mol. The van der Waals surface area contributed by atoms with Gasteiger partial charge in [-0.1, -0.05) is 41.8 Å². The Labute approximate surface area is 130 Å². The van der Waals surface area contributed by atoms with Crippen molar-refractivity contribution in [3.8, 4) is 0 Å². The lowest BCUT2D eigenvalue weighted by Crippen LogP contribution is -2.19. The van der Waals surface area contributed by atoms with E-state index in [2.05, 4.69) is 65.1 Å². The Morgan fingerprint density at radius 2 is 2.11 bits per heavy atom. The predicted molar refractivity (Wildman–Crippen MR) is 89.0 cm³/mol. The molecule has 1 fully saturated rings. The average Bonchev–Trinajstić information content (AvgIpc) is 2.89. The van der Waals surface area contributed by atoms with Gasteiger partial charge in [-0.25, -0.2) is 0 Å². The molecule has 0 aromatic heterocycles. The summed E-state index contributed by atoms with van der Waals surface area (Å²) < 4.78 is 1.24. The van der Waals surface area contributed by atoms with Crippen LogP contribution in [0.15, 0.2) is 27.6 Å². The number of thioether (sulfide) groups is 1. The molecule has 19 heavy (non-hydrogen) atoms. The fraction of sp³-hybridized carbons (Fsp3) is 0.625. The molecule has 1 saturated carbocycles. The van der Waals surface area contributed by atoms with Crippen molar-refractivity contribution in [2.75, 3.05) is 6.54 Å². The van der Waals surface area contributed by atoms with Gasteiger partial charge in [0.15, 0.2) is 0 Å². The Morgan fingerprint density at radius 1 is 1.37 bits per heavy atom. The molecule has 0 radical (unpaired) electrons. The summed E-state index contributed by atoms with van der Waals surface area (Å²) in [5.41, 5.74) is 1.37. The van der Waals surface area contributed by atoms with Crippen LogP contribution in [-0.4, -0.2) is 11.8 Å². The zero-order valence-electron chi connectivity index (χ0n) is 11.9. The van der Waals surface area contributed by atoms with Gasteiger partial charge in [-0.3, -0.25) is 0 Å². The van der Waals surface area contributed by atoms with E-state index in [1.54, 1.807) is 0 Å². The third-order valence-electron chi connectivity index (χ3n) is 3.74. The molecule has 2 rings (SSSR count). The maximum absolute atomic E-state index is 3.74. The first-order valence-electron chi connectivity index (χ1n) is 7.40. The molecule has 1 aromatic carbocycles. The lowest BCUT2D eigenvalue weighted by molar-refractivity contribution is 0.568. The maximum atomic E-state index is 3.74. The zero-order chi connectivity index (χ0) is 13.7. The number of nitrogens with one attached hydrogen (secondary N) is 1. The van der Waals surface area contributed by atoms with E-state index in [1.807, 2.05) is 0 Å². The Bertz CT molecular complexity index is 402. The molecule has 0 aliphatic heterocycles. The highest BCUT2D eigenvalue weighted by atomic mass is 79.9. The van der Waals surface area contributed by atoms with Crippen LogP contribution in [0.4, 0.5) is 0 Å². The molecule has 0 amide bonds. The molecular formula is C16H24BrNS. The first-order valence-corrected chi connectivity index (χ1v) is 9.07. The number of halogens is 1. The van der Waals surface area contributed by atoms with E-state index in [-0.39, 0.29) is 0 Å². The third-order valence-corrected chi connectivity index (χ3v) is 5.76. The number of hydrogen-bond donors (Lipinski definition) is 1. The first-order chi connectivity index (χ1) is 9.20. The number of benzene rings is 1. The molecule has 1 aromatic rings. The summed E-state index contributed by atoms with van der Waals surface area (Å²) in [6.07, 6.45) is 6.78. The minimum atomic E-state index is 0.417. The quantitative estimate of drug-likeness (QED) is 0.728. The van der Waals surface area contributed by atoms with Crippen molar-refractivity contribution >= 4 is 27.7 Å². The molecule has 106 valence electrons. The SMILES string of the molecule is CCCNC(C)c1ccc(SC2CCCC2)cc1Br. The molecule has 1 unspecified atom stereocenters. The molecule has 1 aliphatic rings. The Kier molecular flexibility index (Phi) is 6.24. The molecule has 0 bridgehead atoms. The third kappa shape index (κ3) is 4.51. The molecular weight excluding hydrogens is 318 g/mol. The lowest BCUT2D eigenvalue weighted by atomic mass is 10.1. The van der Waals surface area contributed by atoms with Gasteiger partial charge in [0.05, 0.1) is 0 Å². The normalized spacial score (nSPS) is 17.8. The molecule has 1 aliphatic carbocycles. The van der Waals surface area contributed by atoms with Crippen LogP contribution in [0.25, 0.3) is 0 Å². The molecule has 0 saturated heterocycles. The summed E-state index contributed by atoms with van der Waals surface area (Å²) in [6, 6.07) is 7.27. The van der Waals surface area contributed by atoms with Gasteiger partial charge in [-0.2, -0.15) is 0 Å². The van der Waals surface area contributed by atoms with Crippen LogP contribution in [0.5, 0.6) is 0 Å². The molecule has 3 heteroatoms. The Hall–Kier alpha value is 0.01000. The van der Waals surface area contributed by atoms with E-state index in [0.29, 0.717) is 6.04 Å². The van der Waals surface area contributed by atoms with Crippen molar-refractivity contribution in [3.63, 3.8) is 0 Å². The number of rotatable bonds is 6. The molecule has 0 heterocycles. The van der Waals surface area contributed by atoms with Crippen LogP contribution in [0, 0.1) is 0 Å². The summed E-state index contributed by atoms with van der Waals surface area (Å²) in [7, 11) is 0. The van der Waals surface area contributed by atoms with Gasteiger partial charge >= 0.3 is 0 Å². The van der Waals surface area contributed by atoms with Crippen LogP contribution in [-0.2, 0) is 0 Å². The molecule has 1 atom stereocenters. The van der Waals surface area contributed by atoms with E-state index in [0.717, 1.165) is 11.8 Å². The van der Waals surface area contributed by atoms with Crippen molar-refractivity contribution in [3.05, 3.63) is 28.2 Å². The van der Waals surface area contributed by atoms with Gasteiger partial charge in [0.25, 0.3) is 0 Å². The van der Waals surface area contributed by atoms with Gasteiger partial charge in [-0.05, 0) is 50.4 Å². The van der Waals surface area contributed by atoms with E-state index >= 15 is 0 Å². The lowest BCUT2D eigenvalue weighted by Gasteiger charge is -2.17. The van der Waals surface area contributed by atoms with Crippen LogP contribution in [0.2, 0.25) is 0 Å². The minimum absolute atomic E-state index is 0.417. The first kappa shape index (κ1) is 15.4. The summed E-state index contributed by atoms with van der Waals surface area (Å²) in [4.78, 5) is 1.41. The van der Waals surface area contributed by atoms with Crippen molar-refractivity contribution in [1.82, 2.24) is 5.32 Å². The minimum Gasteiger partial charge on any atom is -0.310 e. The van der Waals surface area contributed by atoms with Crippen molar-refractivity contribution in [2.24, 2.45) is 0 Å². The van der Waals surface area contributed by atoms with E-state index in [1.165, 1.54) is 47.0 Å². The monoisotopic (exact) mass is 341 g/mol. The van der Waals surface area contributed by atoms with E-state index in [4.69, 9.17) is 0 Å². The summed E-state index contributed by atoms with van der Waals surface area (Å²) >= 11 is 5.79. The van der Waals surface area contributed by atoms with Crippen molar-refractivity contribution in [2.45, 2.75) is 62.1 Å². The second kappa shape index (κ2) is 7.70. The van der Waals surface area contributed by atoms with E-state index < -0.39 is 0 Å².